The number of phenolic OH excluding ortho intramolecular Hbond substituents is 2. The van der Waals surface area contributed by atoms with Crippen LogP contribution >= 0.6 is 0 Å². The van der Waals surface area contributed by atoms with E-state index in [1.165, 1.54) is 68.9 Å². The van der Waals surface area contributed by atoms with Crippen LogP contribution in [0.1, 0.15) is 105 Å². The third-order valence-corrected chi connectivity index (χ3v) is 10.0. The van der Waals surface area contributed by atoms with Gasteiger partial charge in [0.25, 0.3) is 0 Å². The number of hydrogen-bond acceptors (Lipinski definition) is 2. The van der Waals surface area contributed by atoms with Crippen molar-refractivity contribution in [3.05, 3.63) is 57.6 Å². The highest BCUT2D eigenvalue weighted by molar-refractivity contribution is 5.50. The fourth-order valence-corrected chi connectivity index (χ4v) is 9.37. The maximum Gasteiger partial charge on any atom is 0.121 e. The van der Waals surface area contributed by atoms with Crippen LogP contribution in [0.2, 0.25) is 0 Å². The molecular formula is C31H42O2. The summed E-state index contributed by atoms with van der Waals surface area (Å²) in [5, 5.41) is 21.1. The molecule has 4 aliphatic rings. The topological polar surface area (TPSA) is 40.5 Å². The number of hydrogen-bond donors (Lipinski definition) is 2. The molecule has 4 fully saturated rings. The van der Waals surface area contributed by atoms with Gasteiger partial charge in [-0.15, -0.1) is 0 Å². The zero-order valence-corrected chi connectivity index (χ0v) is 21.6. The molecule has 2 unspecified atom stereocenters. The van der Waals surface area contributed by atoms with Crippen molar-refractivity contribution in [3.63, 3.8) is 0 Å². The summed E-state index contributed by atoms with van der Waals surface area (Å²) in [6.07, 6.45) is 11.5. The molecule has 0 aromatic heterocycles. The second kappa shape index (κ2) is 7.27. The third kappa shape index (κ3) is 3.27. The van der Waals surface area contributed by atoms with E-state index in [9.17, 15) is 10.2 Å². The summed E-state index contributed by atoms with van der Waals surface area (Å²) in [6, 6.07) is 9.22. The molecule has 2 aromatic rings. The lowest BCUT2D eigenvalue weighted by atomic mass is 9.33. The van der Waals surface area contributed by atoms with Crippen molar-refractivity contribution in [2.24, 2.45) is 10.8 Å². The van der Waals surface area contributed by atoms with E-state index in [1.807, 2.05) is 0 Å². The minimum absolute atomic E-state index is 0.169. The molecule has 2 atom stereocenters. The van der Waals surface area contributed by atoms with Crippen molar-refractivity contribution in [3.8, 4) is 11.5 Å². The standard InChI is InChI=1S/C31H42O2/c1-7-9-29-14-28(8-2)15-30(17-29,24-10-20(3)26(32)21(4)11-24)19-31(16-28,18-29)25-12-22(5)27(33)23(6)13-25/h10-13,32-33H,7-9,14-19H2,1-6H3. The largest absolute Gasteiger partial charge is 0.507 e. The van der Waals surface area contributed by atoms with Gasteiger partial charge in [0, 0.05) is 0 Å². The van der Waals surface area contributed by atoms with Crippen LogP contribution < -0.4 is 0 Å². The Hall–Kier alpha value is -1.96. The Balaban J connectivity index is 1.75. The Morgan fingerprint density at radius 1 is 0.606 bits per heavy atom. The lowest BCUT2D eigenvalue weighted by molar-refractivity contribution is -0.146. The minimum Gasteiger partial charge on any atom is -0.507 e. The molecule has 4 saturated carbocycles. The van der Waals surface area contributed by atoms with Crippen LogP contribution in [0, 0.1) is 38.5 Å². The lowest BCUT2D eigenvalue weighted by Gasteiger charge is -2.71. The SMILES string of the molecule is CCCC12CC3(CC)CC(c4cc(C)c(O)c(C)c4)(C1)CC(c1cc(C)c(O)c(C)c1)(C3)C2. The number of aryl methyl sites for hydroxylation is 4. The first-order valence-electron chi connectivity index (χ1n) is 13.1. The normalized spacial score (nSPS) is 34.7. The summed E-state index contributed by atoms with van der Waals surface area (Å²) in [5.74, 6) is 0.910. The predicted molar refractivity (Wildman–Crippen MR) is 136 cm³/mol. The summed E-state index contributed by atoms with van der Waals surface area (Å²) < 4.78 is 0. The molecule has 178 valence electrons. The number of benzene rings is 2. The van der Waals surface area contributed by atoms with E-state index in [1.54, 1.807) is 0 Å². The van der Waals surface area contributed by atoms with Gasteiger partial charge in [0.2, 0.25) is 0 Å². The van der Waals surface area contributed by atoms with E-state index in [2.05, 4.69) is 65.8 Å². The van der Waals surface area contributed by atoms with Crippen LogP contribution in [0.5, 0.6) is 11.5 Å². The first-order valence-corrected chi connectivity index (χ1v) is 13.1. The molecule has 2 aromatic carbocycles. The molecule has 0 heterocycles. The van der Waals surface area contributed by atoms with E-state index in [4.69, 9.17) is 0 Å². The van der Waals surface area contributed by atoms with Crippen molar-refractivity contribution in [1.82, 2.24) is 0 Å². The van der Waals surface area contributed by atoms with Gasteiger partial charge in [-0.2, -0.15) is 0 Å². The van der Waals surface area contributed by atoms with Crippen LogP contribution in [0.4, 0.5) is 0 Å². The average Bonchev–Trinajstić information content (AvgIpc) is 2.74. The zero-order chi connectivity index (χ0) is 23.8. The molecule has 0 radical (unpaired) electrons. The van der Waals surface area contributed by atoms with Crippen LogP contribution in [-0.4, -0.2) is 10.2 Å². The van der Waals surface area contributed by atoms with Crippen molar-refractivity contribution in [2.45, 2.75) is 110 Å². The van der Waals surface area contributed by atoms with E-state index in [-0.39, 0.29) is 10.8 Å². The smallest absolute Gasteiger partial charge is 0.121 e. The maximum atomic E-state index is 10.5. The Morgan fingerprint density at radius 2 is 1.00 bits per heavy atom. The Morgan fingerprint density at radius 3 is 1.36 bits per heavy atom. The van der Waals surface area contributed by atoms with Crippen LogP contribution in [0.3, 0.4) is 0 Å². The van der Waals surface area contributed by atoms with Gasteiger partial charge in [0.15, 0.2) is 0 Å². The quantitative estimate of drug-likeness (QED) is 0.487. The fraction of sp³-hybridized carbons (Fsp3) is 0.613. The molecule has 6 rings (SSSR count). The van der Waals surface area contributed by atoms with Gasteiger partial charge < -0.3 is 10.2 Å². The summed E-state index contributed by atoms with van der Waals surface area (Å²) >= 11 is 0. The molecule has 0 saturated heterocycles. The number of rotatable bonds is 5. The van der Waals surface area contributed by atoms with Gasteiger partial charge in [-0.05, 0) is 128 Å². The lowest BCUT2D eigenvalue weighted by Crippen LogP contribution is -2.64. The van der Waals surface area contributed by atoms with Gasteiger partial charge >= 0.3 is 0 Å². The van der Waals surface area contributed by atoms with E-state index < -0.39 is 0 Å². The molecule has 0 aliphatic heterocycles. The van der Waals surface area contributed by atoms with Crippen LogP contribution in [0.15, 0.2) is 24.3 Å². The molecule has 2 N–H and O–H groups in total. The average molecular weight is 447 g/mol. The van der Waals surface area contributed by atoms with E-state index in [0.717, 1.165) is 22.3 Å². The second-order valence-corrected chi connectivity index (χ2v) is 12.6. The highest BCUT2D eigenvalue weighted by Crippen LogP contribution is 2.76. The van der Waals surface area contributed by atoms with E-state index in [0.29, 0.717) is 22.3 Å². The van der Waals surface area contributed by atoms with Crippen LogP contribution in [-0.2, 0) is 10.8 Å². The van der Waals surface area contributed by atoms with Gasteiger partial charge in [0.05, 0.1) is 0 Å². The minimum atomic E-state index is 0.169. The molecule has 0 amide bonds. The summed E-state index contributed by atoms with van der Waals surface area (Å²) in [5.41, 5.74) is 8.09. The molecule has 4 bridgehead atoms. The molecular weight excluding hydrogens is 404 g/mol. The van der Waals surface area contributed by atoms with Crippen molar-refractivity contribution >= 4 is 0 Å². The summed E-state index contributed by atoms with van der Waals surface area (Å²) in [6.45, 7) is 13.0. The van der Waals surface area contributed by atoms with E-state index >= 15 is 0 Å². The van der Waals surface area contributed by atoms with Crippen LogP contribution in [0.25, 0.3) is 0 Å². The summed E-state index contributed by atoms with van der Waals surface area (Å²) in [4.78, 5) is 0. The van der Waals surface area contributed by atoms with Gasteiger partial charge in [-0.3, -0.25) is 0 Å². The Kier molecular flexibility index (Phi) is 5.02. The molecule has 2 nitrogen and oxygen atoms in total. The van der Waals surface area contributed by atoms with Gasteiger partial charge in [-0.25, -0.2) is 0 Å². The first kappa shape index (κ1) is 22.8. The third-order valence-electron chi connectivity index (χ3n) is 10.0. The maximum absolute atomic E-state index is 10.5. The highest BCUT2D eigenvalue weighted by Gasteiger charge is 2.67. The molecule has 4 aliphatic carbocycles. The second-order valence-electron chi connectivity index (χ2n) is 12.6. The van der Waals surface area contributed by atoms with Gasteiger partial charge in [0.1, 0.15) is 11.5 Å². The molecule has 33 heavy (non-hydrogen) atoms. The van der Waals surface area contributed by atoms with Crippen molar-refractivity contribution < 1.29 is 10.2 Å². The Bertz CT molecular complexity index is 990. The fourth-order valence-electron chi connectivity index (χ4n) is 9.37. The zero-order valence-electron chi connectivity index (χ0n) is 21.6. The Labute approximate surface area is 200 Å². The highest BCUT2D eigenvalue weighted by atomic mass is 16.3. The van der Waals surface area contributed by atoms with Crippen molar-refractivity contribution in [1.29, 1.82) is 0 Å². The summed E-state index contributed by atoms with van der Waals surface area (Å²) in [7, 11) is 0. The number of phenols is 2. The number of aromatic hydroxyl groups is 2. The van der Waals surface area contributed by atoms with Crippen molar-refractivity contribution in [2.75, 3.05) is 0 Å². The van der Waals surface area contributed by atoms with Gasteiger partial charge in [-0.1, -0.05) is 51.0 Å². The monoisotopic (exact) mass is 446 g/mol. The predicted octanol–water partition coefficient (Wildman–Crippen LogP) is 8.07. The first-order chi connectivity index (χ1) is 15.5. The molecule has 2 heteroatoms. The molecule has 0 spiro atoms.